The lowest BCUT2D eigenvalue weighted by atomic mass is 9.73. The Morgan fingerprint density at radius 2 is 1.48 bits per heavy atom. The summed E-state index contributed by atoms with van der Waals surface area (Å²) in [5.41, 5.74) is 1.52. The van der Waals surface area contributed by atoms with E-state index in [1.165, 1.54) is 11.4 Å². The van der Waals surface area contributed by atoms with Crippen LogP contribution in [0.3, 0.4) is 0 Å². The van der Waals surface area contributed by atoms with Crippen LogP contribution in [0, 0.1) is 0 Å². The van der Waals surface area contributed by atoms with E-state index < -0.39 is 15.9 Å². The predicted octanol–water partition coefficient (Wildman–Crippen LogP) is 4.00. The fourth-order valence-corrected chi connectivity index (χ4v) is 7.03. The number of nitrogens with zero attached hydrogens (tertiary/aromatic N) is 1. The third kappa shape index (κ3) is 3.83. The van der Waals surface area contributed by atoms with E-state index in [2.05, 4.69) is 0 Å². The molecule has 0 radical (unpaired) electrons. The van der Waals surface area contributed by atoms with Crippen LogP contribution in [-0.4, -0.2) is 44.5 Å². The Morgan fingerprint density at radius 3 is 2.06 bits per heavy atom. The van der Waals surface area contributed by atoms with Crippen LogP contribution in [0.15, 0.2) is 45.8 Å². The second-order valence-electron chi connectivity index (χ2n) is 9.13. The van der Waals surface area contributed by atoms with Crippen LogP contribution in [0.2, 0.25) is 0 Å². The van der Waals surface area contributed by atoms with E-state index in [0.717, 1.165) is 19.3 Å². The monoisotopic (exact) mass is 471 g/mol. The van der Waals surface area contributed by atoms with Gasteiger partial charge in [-0.3, -0.25) is 9.59 Å². The van der Waals surface area contributed by atoms with Gasteiger partial charge in [0, 0.05) is 55.5 Å². The lowest BCUT2D eigenvalue weighted by Crippen LogP contribution is -2.35. The second-order valence-corrected chi connectivity index (χ2v) is 11.1. The van der Waals surface area contributed by atoms with Crippen molar-refractivity contribution >= 4 is 21.6 Å². The van der Waals surface area contributed by atoms with Crippen molar-refractivity contribution in [3.63, 3.8) is 0 Å². The fraction of sp³-hybridized carbons (Fsp3) is 0.520. The molecule has 0 N–H and O–H groups in total. The molecule has 2 aliphatic carbocycles. The molecule has 2 aliphatic heterocycles. The van der Waals surface area contributed by atoms with Gasteiger partial charge < -0.3 is 9.47 Å². The summed E-state index contributed by atoms with van der Waals surface area (Å²) < 4.78 is 40.1. The number of carbonyl (C=O) groups excluding carboxylic acids is 2. The maximum atomic E-state index is 13.4. The van der Waals surface area contributed by atoms with E-state index in [4.69, 9.17) is 9.47 Å². The third-order valence-corrected chi connectivity index (χ3v) is 9.00. The quantitative estimate of drug-likeness (QED) is 0.659. The molecule has 0 atom stereocenters. The summed E-state index contributed by atoms with van der Waals surface area (Å²) in [6.07, 6.45) is 6.19. The van der Waals surface area contributed by atoms with Crippen molar-refractivity contribution in [2.24, 2.45) is 0 Å². The molecule has 0 spiro atoms. The fourth-order valence-electron chi connectivity index (χ4n) is 5.48. The van der Waals surface area contributed by atoms with E-state index >= 15 is 0 Å². The van der Waals surface area contributed by atoms with Crippen molar-refractivity contribution in [2.75, 3.05) is 20.2 Å². The first-order valence-corrected chi connectivity index (χ1v) is 13.2. The number of carbonyl (C=O) groups is 2. The Balaban J connectivity index is 1.68. The minimum absolute atomic E-state index is 0.0440. The number of hydrogen-bond acceptors (Lipinski definition) is 6. The van der Waals surface area contributed by atoms with Crippen molar-refractivity contribution in [2.45, 2.75) is 68.6 Å². The molecular formula is C25H29NO6S. The minimum atomic E-state index is -3.69. The Bertz CT molecular complexity index is 1130. The first-order valence-electron chi connectivity index (χ1n) is 11.8. The number of ketones is 2. The molecule has 33 heavy (non-hydrogen) atoms. The highest BCUT2D eigenvalue weighted by Gasteiger charge is 2.43. The second kappa shape index (κ2) is 8.72. The van der Waals surface area contributed by atoms with Crippen LogP contribution in [-0.2, 0) is 24.3 Å². The molecular weight excluding hydrogens is 442 g/mol. The molecule has 0 bridgehead atoms. The molecule has 7 nitrogen and oxygen atoms in total. The number of hydrogen-bond donors (Lipinski definition) is 0. The standard InChI is InChI=1S/C25H29NO6S/c1-31-20-12-11-16(33(29,30)26-13-3-2-4-14-26)15-17(20)23-24-18(27)7-5-9-21(24)32-22-10-6-8-19(28)25(22)23/h11-12,15,23H,2-10,13-14H2,1H3. The number of piperidine rings is 1. The Labute approximate surface area is 194 Å². The van der Waals surface area contributed by atoms with Gasteiger partial charge in [-0.25, -0.2) is 8.42 Å². The normalized spacial score (nSPS) is 22.7. The van der Waals surface area contributed by atoms with Crippen molar-refractivity contribution < 1.29 is 27.5 Å². The summed E-state index contributed by atoms with van der Waals surface area (Å²) in [5.74, 6) is 0.966. The first kappa shape index (κ1) is 22.3. The van der Waals surface area contributed by atoms with Crippen LogP contribution in [0.4, 0.5) is 0 Å². The lowest BCUT2D eigenvalue weighted by Gasteiger charge is -2.36. The largest absolute Gasteiger partial charge is 0.496 e. The summed E-state index contributed by atoms with van der Waals surface area (Å²) in [6, 6.07) is 4.81. The van der Waals surface area contributed by atoms with Crippen molar-refractivity contribution in [1.29, 1.82) is 0 Å². The summed E-state index contributed by atoms with van der Waals surface area (Å²) in [5, 5.41) is 0. The average Bonchev–Trinajstić information content (AvgIpc) is 2.83. The van der Waals surface area contributed by atoms with Crippen LogP contribution in [0.5, 0.6) is 5.75 Å². The highest BCUT2D eigenvalue weighted by molar-refractivity contribution is 7.89. The van der Waals surface area contributed by atoms with Gasteiger partial charge in [-0.05, 0) is 43.9 Å². The van der Waals surface area contributed by atoms with Gasteiger partial charge >= 0.3 is 0 Å². The first-order chi connectivity index (χ1) is 15.9. The maximum absolute atomic E-state index is 13.4. The highest BCUT2D eigenvalue weighted by atomic mass is 32.2. The van der Waals surface area contributed by atoms with E-state index in [1.54, 1.807) is 18.2 Å². The Hall–Kier alpha value is -2.45. The van der Waals surface area contributed by atoms with Crippen molar-refractivity contribution in [1.82, 2.24) is 4.31 Å². The minimum Gasteiger partial charge on any atom is -0.496 e. The number of ether oxygens (including phenoxy) is 2. The molecule has 0 aromatic heterocycles. The molecule has 4 aliphatic rings. The van der Waals surface area contributed by atoms with Crippen LogP contribution in [0.25, 0.3) is 0 Å². The Kier molecular flexibility index (Phi) is 5.91. The number of rotatable bonds is 4. The van der Waals surface area contributed by atoms with Gasteiger partial charge in [-0.1, -0.05) is 6.42 Å². The predicted molar refractivity (Wildman–Crippen MR) is 121 cm³/mol. The summed E-state index contributed by atoms with van der Waals surface area (Å²) in [4.78, 5) is 26.3. The zero-order valence-corrected chi connectivity index (χ0v) is 19.7. The zero-order valence-electron chi connectivity index (χ0n) is 18.9. The number of Topliss-reactive ketones (excluding diaryl/α,β-unsaturated/α-hetero) is 2. The van der Waals surface area contributed by atoms with Crippen LogP contribution >= 0.6 is 0 Å². The molecule has 8 heteroatoms. The topological polar surface area (TPSA) is 90.0 Å². The number of benzene rings is 1. The van der Waals surface area contributed by atoms with E-state index in [9.17, 15) is 18.0 Å². The van der Waals surface area contributed by atoms with Gasteiger partial charge in [0.15, 0.2) is 11.6 Å². The van der Waals surface area contributed by atoms with Gasteiger partial charge in [-0.15, -0.1) is 0 Å². The average molecular weight is 472 g/mol. The van der Waals surface area contributed by atoms with Crippen LogP contribution < -0.4 is 4.74 Å². The zero-order chi connectivity index (χ0) is 23.2. The SMILES string of the molecule is COc1ccc(S(=O)(=O)N2CCCCC2)cc1C1C2=C(CCCC2=O)OC2=C1C(=O)CCC2. The number of methoxy groups -OCH3 is 1. The van der Waals surface area contributed by atoms with Gasteiger partial charge in [0.2, 0.25) is 10.0 Å². The van der Waals surface area contributed by atoms with Crippen LogP contribution in [0.1, 0.15) is 69.3 Å². The number of allylic oxidation sites excluding steroid dienone is 4. The summed E-state index contributed by atoms with van der Waals surface area (Å²) >= 11 is 0. The smallest absolute Gasteiger partial charge is 0.243 e. The Morgan fingerprint density at radius 1 is 0.879 bits per heavy atom. The molecule has 0 unspecified atom stereocenters. The summed E-state index contributed by atoms with van der Waals surface area (Å²) in [6.45, 7) is 1.01. The van der Waals surface area contributed by atoms with Gasteiger partial charge in [-0.2, -0.15) is 4.31 Å². The van der Waals surface area contributed by atoms with Crippen molar-refractivity contribution in [3.05, 3.63) is 46.4 Å². The van der Waals surface area contributed by atoms with Crippen molar-refractivity contribution in [3.8, 4) is 5.75 Å². The molecule has 0 saturated carbocycles. The van der Waals surface area contributed by atoms with E-state index in [1.807, 2.05) is 0 Å². The molecule has 1 aromatic rings. The molecule has 2 heterocycles. The molecule has 5 rings (SSSR count). The highest BCUT2D eigenvalue weighted by Crippen LogP contribution is 2.50. The van der Waals surface area contributed by atoms with Gasteiger partial charge in [0.25, 0.3) is 0 Å². The third-order valence-electron chi connectivity index (χ3n) is 7.11. The molecule has 176 valence electrons. The summed E-state index contributed by atoms with van der Waals surface area (Å²) in [7, 11) is -2.17. The van der Waals surface area contributed by atoms with Gasteiger partial charge in [0.1, 0.15) is 17.3 Å². The molecule has 1 saturated heterocycles. The maximum Gasteiger partial charge on any atom is 0.243 e. The van der Waals surface area contributed by atoms with E-state index in [0.29, 0.717) is 85.6 Å². The molecule has 0 amide bonds. The lowest BCUT2D eigenvalue weighted by molar-refractivity contribution is -0.117. The van der Waals surface area contributed by atoms with Gasteiger partial charge in [0.05, 0.1) is 17.9 Å². The number of sulfonamides is 1. The molecule has 1 fully saturated rings. The van der Waals surface area contributed by atoms with E-state index in [-0.39, 0.29) is 16.5 Å². The molecule has 1 aromatic carbocycles.